The number of aryl methyl sites for hydroxylation is 1. The van der Waals surface area contributed by atoms with Gasteiger partial charge in [-0.1, -0.05) is 12.1 Å². The van der Waals surface area contributed by atoms with Gasteiger partial charge in [0.1, 0.15) is 11.5 Å². The number of hydrogen-bond donors (Lipinski definition) is 0. The van der Waals surface area contributed by atoms with Gasteiger partial charge in [0.25, 0.3) is 0 Å². The summed E-state index contributed by atoms with van der Waals surface area (Å²) in [6.07, 6.45) is 0. The van der Waals surface area contributed by atoms with Gasteiger partial charge in [0.2, 0.25) is 5.89 Å². The molecule has 0 spiro atoms. The molecule has 1 heterocycles. The van der Waals surface area contributed by atoms with Crippen LogP contribution in [0.1, 0.15) is 32.2 Å². The molecule has 5 heteroatoms. The first-order valence-electron chi connectivity index (χ1n) is 8.48. The lowest BCUT2D eigenvalue weighted by atomic mass is 10.2. The highest BCUT2D eigenvalue weighted by Crippen LogP contribution is 2.30. The van der Waals surface area contributed by atoms with Crippen molar-refractivity contribution in [2.75, 3.05) is 26.9 Å². The van der Waals surface area contributed by atoms with E-state index in [0.29, 0.717) is 25.1 Å². The first kappa shape index (κ1) is 18.5. The molecule has 2 aromatic rings. The molecule has 0 atom stereocenters. The molecule has 0 unspecified atom stereocenters. The molecule has 0 bridgehead atoms. The maximum atomic E-state index is 5.92. The fourth-order valence-electron chi connectivity index (χ4n) is 2.54. The van der Waals surface area contributed by atoms with Crippen LogP contribution in [0.15, 0.2) is 28.7 Å². The van der Waals surface area contributed by atoms with Crippen molar-refractivity contribution in [2.24, 2.45) is 0 Å². The average Bonchev–Trinajstić information content (AvgIpc) is 2.92. The maximum Gasteiger partial charge on any atom is 0.230 e. The predicted molar refractivity (Wildman–Crippen MR) is 95.3 cm³/mol. The predicted octanol–water partition coefficient (Wildman–Crippen LogP) is 3.91. The molecule has 24 heavy (non-hydrogen) atoms. The normalized spacial score (nSPS) is 11.5. The quantitative estimate of drug-likeness (QED) is 0.697. The molecule has 2 rings (SSSR count). The number of ether oxygens (including phenoxy) is 2. The van der Waals surface area contributed by atoms with Gasteiger partial charge in [-0.15, -0.1) is 0 Å². The fraction of sp³-hybridized carbons (Fsp3) is 0.526. The van der Waals surface area contributed by atoms with Crippen LogP contribution >= 0.6 is 0 Å². The van der Waals surface area contributed by atoms with E-state index in [2.05, 4.69) is 18.7 Å². The number of oxazole rings is 1. The van der Waals surface area contributed by atoms with Crippen molar-refractivity contribution in [1.29, 1.82) is 0 Å². The molecule has 5 nitrogen and oxygen atoms in total. The Morgan fingerprint density at radius 3 is 2.67 bits per heavy atom. The number of methoxy groups -OCH3 is 1. The van der Waals surface area contributed by atoms with E-state index in [1.165, 1.54) is 0 Å². The summed E-state index contributed by atoms with van der Waals surface area (Å²) in [5, 5.41) is 0. The third kappa shape index (κ3) is 4.58. The first-order chi connectivity index (χ1) is 11.6. The minimum absolute atomic E-state index is 0.412. The molecule has 0 N–H and O–H groups in total. The summed E-state index contributed by atoms with van der Waals surface area (Å²) in [6, 6.07) is 8.25. The second kappa shape index (κ2) is 8.85. The van der Waals surface area contributed by atoms with Gasteiger partial charge < -0.3 is 13.9 Å². The Hall–Kier alpha value is -1.85. The van der Waals surface area contributed by atoms with Gasteiger partial charge in [0.15, 0.2) is 0 Å². The Morgan fingerprint density at radius 1 is 1.25 bits per heavy atom. The highest BCUT2D eigenvalue weighted by atomic mass is 16.5. The largest absolute Gasteiger partial charge is 0.493 e. The number of para-hydroxylation sites is 1. The minimum Gasteiger partial charge on any atom is -0.493 e. The Kier molecular flexibility index (Phi) is 6.82. The van der Waals surface area contributed by atoms with E-state index < -0.39 is 0 Å². The third-order valence-corrected chi connectivity index (χ3v) is 3.98. The summed E-state index contributed by atoms with van der Waals surface area (Å²) in [5.74, 6) is 2.26. The van der Waals surface area contributed by atoms with Gasteiger partial charge in [-0.25, -0.2) is 4.98 Å². The molecule has 0 fully saturated rings. The minimum atomic E-state index is 0.412. The van der Waals surface area contributed by atoms with Crippen LogP contribution in [0.4, 0.5) is 0 Å². The second-order valence-electron chi connectivity index (χ2n) is 6.01. The lowest BCUT2D eigenvalue weighted by Crippen LogP contribution is -2.33. The van der Waals surface area contributed by atoms with E-state index in [4.69, 9.17) is 18.9 Å². The molecular weight excluding hydrogens is 304 g/mol. The van der Waals surface area contributed by atoms with Crippen molar-refractivity contribution >= 4 is 0 Å². The number of rotatable bonds is 9. The zero-order chi connectivity index (χ0) is 17.5. The Balaban J connectivity index is 2.23. The monoisotopic (exact) mass is 332 g/mol. The zero-order valence-corrected chi connectivity index (χ0v) is 15.3. The molecule has 0 amide bonds. The van der Waals surface area contributed by atoms with Crippen LogP contribution in [-0.2, 0) is 11.3 Å². The average molecular weight is 332 g/mol. The fourth-order valence-corrected chi connectivity index (χ4v) is 2.54. The van der Waals surface area contributed by atoms with Crippen LogP contribution in [0.25, 0.3) is 11.5 Å². The van der Waals surface area contributed by atoms with E-state index >= 15 is 0 Å². The van der Waals surface area contributed by atoms with Crippen molar-refractivity contribution in [3.05, 3.63) is 35.7 Å². The molecule has 0 aliphatic heterocycles. The van der Waals surface area contributed by atoms with Crippen LogP contribution in [0.5, 0.6) is 5.75 Å². The molecule has 0 aliphatic carbocycles. The summed E-state index contributed by atoms with van der Waals surface area (Å²) >= 11 is 0. The molecule has 132 valence electrons. The Bertz CT molecular complexity index is 637. The maximum absolute atomic E-state index is 5.92. The van der Waals surface area contributed by atoms with E-state index in [-0.39, 0.29) is 0 Å². The summed E-state index contributed by atoms with van der Waals surface area (Å²) in [7, 11) is 1.72. The Morgan fingerprint density at radius 2 is 2.00 bits per heavy atom. The summed E-state index contributed by atoms with van der Waals surface area (Å²) in [6.45, 7) is 11.2. The lowest BCUT2D eigenvalue weighted by molar-refractivity contribution is 0.124. The van der Waals surface area contributed by atoms with Crippen molar-refractivity contribution in [3.8, 4) is 17.2 Å². The number of hydrogen-bond acceptors (Lipinski definition) is 5. The summed E-state index contributed by atoms with van der Waals surface area (Å²) < 4.78 is 16.8. The topological polar surface area (TPSA) is 47.7 Å². The van der Waals surface area contributed by atoms with E-state index in [9.17, 15) is 0 Å². The SMILES string of the molecule is CCOc1ccccc1-c1nc(CN(CCOC)C(C)C)c(C)o1. The van der Waals surface area contributed by atoms with Crippen molar-refractivity contribution in [1.82, 2.24) is 9.88 Å². The van der Waals surface area contributed by atoms with Crippen LogP contribution < -0.4 is 4.74 Å². The van der Waals surface area contributed by atoms with Crippen LogP contribution in [0.3, 0.4) is 0 Å². The molecule has 0 saturated heterocycles. The molecule has 0 saturated carbocycles. The molecule has 1 aromatic heterocycles. The third-order valence-electron chi connectivity index (χ3n) is 3.98. The highest BCUT2D eigenvalue weighted by Gasteiger charge is 2.18. The van der Waals surface area contributed by atoms with Crippen LogP contribution in [0.2, 0.25) is 0 Å². The smallest absolute Gasteiger partial charge is 0.230 e. The highest BCUT2D eigenvalue weighted by molar-refractivity contribution is 5.63. The van der Waals surface area contributed by atoms with E-state index in [0.717, 1.165) is 35.9 Å². The second-order valence-corrected chi connectivity index (χ2v) is 6.01. The van der Waals surface area contributed by atoms with Gasteiger partial charge in [0.05, 0.1) is 24.5 Å². The standard InChI is InChI=1S/C19H28N2O3/c1-6-23-18-10-8-7-9-16(18)19-20-17(15(4)24-19)13-21(14(2)3)11-12-22-5/h7-10,14H,6,11-13H2,1-5H3. The lowest BCUT2D eigenvalue weighted by Gasteiger charge is -2.25. The molecule has 0 radical (unpaired) electrons. The van der Waals surface area contributed by atoms with Crippen molar-refractivity contribution in [3.63, 3.8) is 0 Å². The summed E-state index contributed by atoms with van der Waals surface area (Å²) in [5.41, 5.74) is 1.85. The van der Waals surface area contributed by atoms with E-state index in [1.54, 1.807) is 7.11 Å². The van der Waals surface area contributed by atoms with E-state index in [1.807, 2.05) is 38.1 Å². The molecular formula is C19H28N2O3. The zero-order valence-electron chi connectivity index (χ0n) is 15.3. The van der Waals surface area contributed by atoms with Gasteiger partial charge in [-0.2, -0.15) is 0 Å². The van der Waals surface area contributed by atoms with Gasteiger partial charge in [-0.3, -0.25) is 4.90 Å². The molecule has 1 aromatic carbocycles. The number of aromatic nitrogens is 1. The van der Waals surface area contributed by atoms with Crippen LogP contribution in [0, 0.1) is 6.92 Å². The number of nitrogens with zero attached hydrogens (tertiary/aromatic N) is 2. The van der Waals surface area contributed by atoms with Crippen molar-refractivity contribution in [2.45, 2.75) is 40.3 Å². The number of benzene rings is 1. The van der Waals surface area contributed by atoms with Gasteiger partial charge in [0, 0.05) is 26.2 Å². The molecule has 0 aliphatic rings. The van der Waals surface area contributed by atoms with Gasteiger partial charge >= 0.3 is 0 Å². The van der Waals surface area contributed by atoms with Crippen molar-refractivity contribution < 1.29 is 13.9 Å². The Labute approximate surface area is 144 Å². The summed E-state index contributed by atoms with van der Waals surface area (Å²) in [4.78, 5) is 7.05. The first-order valence-corrected chi connectivity index (χ1v) is 8.48. The van der Waals surface area contributed by atoms with Gasteiger partial charge in [-0.05, 0) is 39.8 Å². The van der Waals surface area contributed by atoms with Crippen LogP contribution in [-0.4, -0.2) is 42.8 Å².